The second-order valence-corrected chi connectivity index (χ2v) is 6.95. The number of hydrogen-bond donors (Lipinski definition) is 2. The number of benzene rings is 1. The van der Waals surface area contributed by atoms with Gasteiger partial charge in [0.15, 0.2) is 0 Å². The lowest BCUT2D eigenvalue weighted by molar-refractivity contribution is -0.138. The molecule has 2 fully saturated rings. The number of halogens is 2. The summed E-state index contributed by atoms with van der Waals surface area (Å²) in [6.07, 6.45) is 1.57. The average molecular weight is 420 g/mol. The Labute approximate surface area is 174 Å². The van der Waals surface area contributed by atoms with Gasteiger partial charge in [0.25, 0.3) is 0 Å². The number of amides is 1. The number of carbonyl (C=O) groups excluding carboxylic acids is 1. The van der Waals surface area contributed by atoms with Gasteiger partial charge in [-0.3, -0.25) is 9.69 Å². The Hall–Kier alpha value is -1.05. The molecule has 1 aromatic rings. The lowest BCUT2D eigenvalue weighted by Crippen LogP contribution is -2.53. The van der Waals surface area contributed by atoms with Crippen LogP contribution in [0.5, 0.6) is 5.75 Å². The van der Waals surface area contributed by atoms with E-state index in [9.17, 15) is 9.90 Å². The van der Waals surface area contributed by atoms with E-state index >= 15 is 0 Å². The molecule has 154 valence electrons. The molecule has 2 saturated heterocycles. The monoisotopic (exact) mass is 419 g/mol. The van der Waals surface area contributed by atoms with E-state index in [1.165, 1.54) is 0 Å². The fourth-order valence-electron chi connectivity index (χ4n) is 3.53. The van der Waals surface area contributed by atoms with Crippen LogP contribution in [0.25, 0.3) is 0 Å². The average Bonchev–Trinajstić information content (AvgIpc) is 2.68. The minimum Gasteiger partial charge on any atom is -0.491 e. The van der Waals surface area contributed by atoms with Crippen LogP contribution < -0.4 is 10.1 Å². The Morgan fingerprint density at radius 3 is 2.52 bits per heavy atom. The summed E-state index contributed by atoms with van der Waals surface area (Å²) in [5.41, 5.74) is 0. The van der Waals surface area contributed by atoms with Gasteiger partial charge in [-0.05, 0) is 31.5 Å². The molecular weight excluding hydrogens is 389 g/mol. The summed E-state index contributed by atoms with van der Waals surface area (Å²) in [4.78, 5) is 16.7. The molecule has 2 atom stereocenters. The van der Waals surface area contributed by atoms with E-state index in [0.717, 1.165) is 57.9 Å². The largest absolute Gasteiger partial charge is 0.491 e. The van der Waals surface area contributed by atoms with Gasteiger partial charge in [-0.1, -0.05) is 18.2 Å². The molecule has 3 rings (SSSR count). The minimum atomic E-state index is -0.523. The predicted octanol–water partition coefficient (Wildman–Crippen LogP) is 1.41. The first-order chi connectivity index (χ1) is 12.2. The van der Waals surface area contributed by atoms with Crippen molar-refractivity contribution < 1.29 is 14.6 Å². The lowest BCUT2D eigenvalue weighted by atomic mass is 9.98. The fourth-order valence-corrected chi connectivity index (χ4v) is 3.53. The normalized spacial score (nSPS) is 21.5. The van der Waals surface area contributed by atoms with Gasteiger partial charge < -0.3 is 20.1 Å². The van der Waals surface area contributed by atoms with E-state index < -0.39 is 6.10 Å². The van der Waals surface area contributed by atoms with Crippen LogP contribution >= 0.6 is 24.8 Å². The maximum Gasteiger partial charge on any atom is 0.227 e. The molecule has 1 amide bonds. The zero-order valence-corrected chi connectivity index (χ0v) is 17.2. The van der Waals surface area contributed by atoms with Crippen LogP contribution in [0.4, 0.5) is 0 Å². The number of para-hydroxylation sites is 1. The highest BCUT2D eigenvalue weighted by Crippen LogP contribution is 2.15. The van der Waals surface area contributed by atoms with E-state index in [1.54, 1.807) is 0 Å². The summed E-state index contributed by atoms with van der Waals surface area (Å²) in [6.45, 7) is 5.84. The third-order valence-electron chi connectivity index (χ3n) is 4.98. The van der Waals surface area contributed by atoms with Crippen molar-refractivity contribution in [3.8, 4) is 5.75 Å². The number of ether oxygens (including phenoxy) is 1. The zero-order valence-electron chi connectivity index (χ0n) is 15.6. The molecule has 6 nitrogen and oxygen atoms in total. The molecule has 0 radical (unpaired) electrons. The number of nitrogens with one attached hydrogen (secondary N) is 1. The molecule has 2 aliphatic rings. The van der Waals surface area contributed by atoms with Crippen LogP contribution in [0.3, 0.4) is 0 Å². The van der Waals surface area contributed by atoms with E-state index in [-0.39, 0.29) is 37.3 Å². The van der Waals surface area contributed by atoms with E-state index in [1.807, 2.05) is 35.2 Å². The topological polar surface area (TPSA) is 65.0 Å². The van der Waals surface area contributed by atoms with Gasteiger partial charge in [-0.2, -0.15) is 0 Å². The minimum absolute atomic E-state index is 0. The number of β-amino-alcohol motifs (C(OH)–C–C–N with tert-alkyl or cyclic N) is 1. The van der Waals surface area contributed by atoms with Crippen LogP contribution in [0, 0.1) is 5.92 Å². The number of nitrogens with zero attached hydrogens (tertiary/aromatic N) is 2. The van der Waals surface area contributed by atoms with Crippen molar-refractivity contribution in [1.82, 2.24) is 15.1 Å². The number of aliphatic hydroxyl groups excluding tert-OH is 1. The Bertz CT molecular complexity index is 536. The van der Waals surface area contributed by atoms with Crippen molar-refractivity contribution in [1.29, 1.82) is 0 Å². The Morgan fingerprint density at radius 2 is 1.89 bits per heavy atom. The molecule has 0 aliphatic carbocycles. The number of rotatable bonds is 6. The van der Waals surface area contributed by atoms with Crippen molar-refractivity contribution in [2.24, 2.45) is 5.92 Å². The number of carbonyl (C=O) groups is 1. The molecule has 2 N–H and O–H groups in total. The van der Waals surface area contributed by atoms with Gasteiger partial charge in [-0.15, -0.1) is 24.8 Å². The molecule has 0 spiro atoms. The second-order valence-electron chi connectivity index (χ2n) is 6.95. The molecule has 2 unspecified atom stereocenters. The molecule has 0 saturated carbocycles. The van der Waals surface area contributed by atoms with Crippen LogP contribution in [-0.4, -0.2) is 79.3 Å². The van der Waals surface area contributed by atoms with Crippen molar-refractivity contribution in [2.75, 3.05) is 52.4 Å². The highest BCUT2D eigenvalue weighted by atomic mass is 35.5. The SMILES string of the molecule is Cl.Cl.O=C(C1CCCNC1)N1CCN(CC(O)COc2ccccc2)CC1. The Morgan fingerprint density at radius 1 is 1.19 bits per heavy atom. The molecule has 8 heteroatoms. The zero-order chi connectivity index (χ0) is 17.5. The molecule has 2 aliphatic heterocycles. The fraction of sp³-hybridized carbons (Fsp3) is 0.632. The predicted molar refractivity (Wildman–Crippen MR) is 111 cm³/mol. The molecular formula is C19H31Cl2N3O3. The third kappa shape index (κ3) is 7.47. The van der Waals surface area contributed by atoms with Crippen molar-refractivity contribution >= 4 is 30.7 Å². The summed E-state index contributed by atoms with van der Waals surface area (Å²) >= 11 is 0. The van der Waals surface area contributed by atoms with Gasteiger partial charge in [0.2, 0.25) is 5.91 Å². The first-order valence-corrected chi connectivity index (χ1v) is 9.30. The number of piperidine rings is 1. The molecule has 0 bridgehead atoms. The van der Waals surface area contributed by atoms with Gasteiger partial charge in [0, 0.05) is 39.3 Å². The first-order valence-electron chi connectivity index (χ1n) is 9.30. The van der Waals surface area contributed by atoms with Crippen LogP contribution in [0.15, 0.2) is 30.3 Å². The van der Waals surface area contributed by atoms with E-state index in [4.69, 9.17) is 4.74 Å². The van der Waals surface area contributed by atoms with Crippen LogP contribution in [0.2, 0.25) is 0 Å². The first kappa shape index (κ1) is 24.0. The molecule has 1 aromatic carbocycles. The summed E-state index contributed by atoms with van der Waals surface area (Å²) in [5, 5.41) is 13.5. The number of aliphatic hydroxyl groups is 1. The molecule has 0 aromatic heterocycles. The number of piperazine rings is 1. The van der Waals surface area contributed by atoms with E-state index in [0.29, 0.717) is 12.5 Å². The van der Waals surface area contributed by atoms with E-state index in [2.05, 4.69) is 10.2 Å². The summed E-state index contributed by atoms with van der Waals surface area (Å²) in [5.74, 6) is 1.21. The van der Waals surface area contributed by atoms with Crippen molar-refractivity contribution in [3.63, 3.8) is 0 Å². The quantitative estimate of drug-likeness (QED) is 0.729. The number of hydrogen-bond acceptors (Lipinski definition) is 5. The maximum atomic E-state index is 12.5. The van der Waals surface area contributed by atoms with Crippen molar-refractivity contribution in [2.45, 2.75) is 18.9 Å². The van der Waals surface area contributed by atoms with Crippen LogP contribution in [-0.2, 0) is 4.79 Å². The summed E-state index contributed by atoms with van der Waals surface area (Å²) < 4.78 is 5.60. The van der Waals surface area contributed by atoms with Crippen molar-refractivity contribution in [3.05, 3.63) is 30.3 Å². The maximum absolute atomic E-state index is 12.5. The summed E-state index contributed by atoms with van der Waals surface area (Å²) in [7, 11) is 0. The second kappa shape index (κ2) is 12.4. The highest BCUT2D eigenvalue weighted by Gasteiger charge is 2.28. The van der Waals surface area contributed by atoms with Gasteiger partial charge in [0.05, 0.1) is 5.92 Å². The Kier molecular flexibility index (Phi) is 11.0. The third-order valence-corrected chi connectivity index (χ3v) is 4.98. The Balaban J connectivity index is 0.00000182. The van der Waals surface area contributed by atoms with Gasteiger partial charge in [0.1, 0.15) is 18.5 Å². The molecule has 27 heavy (non-hydrogen) atoms. The van der Waals surface area contributed by atoms with Crippen LogP contribution in [0.1, 0.15) is 12.8 Å². The van der Waals surface area contributed by atoms with Gasteiger partial charge >= 0.3 is 0 Å². The van der Waals surface area contributed by atoms with Gasteiger partial charge in [-0.25, -0.2) is 0 Å². The standard InChI is InChI=1S/C19H29N3O3.2ClH/c23-17(15-25-18-6-2-1-3-7-18)14-21-9-11-22(12-10-21)19(24)16-5-4-8-20-13-16;;/h1-3,6-7,16-17,20,23H,4-5,8-15H2;2*1H. The smallest absolute Gasteiger partial charge is 0.227 e. The lowest BCUT2D eigenvalue weighted by Gasteiger charge is -2.37. The molecule has 2 heterocycles. The highest BCUT2D eigenvalue weighted by molar-refractivity contribution is 5.85. The summed E-state index contributed by atoms with van der Waals surface area (Å²) in [6, 6.07) is 9.54.